The highest BCUT2D eigenvalue weighted by Gasteiger charge is 2.33. The van der Waals surface area contributed by atoms with Gasteiger partial charge >= 0.3 is 0 Å². The number of rotatable bonds is 15. The van der Waals surface area contributed by atoms with Crippen molar-refractivity contribution < 1.29 is 33.4 Å². The van der Waals surface area contributed by atoms with Crippen LogP contribution in [0.1, 0.15) is 72.9 Å². The Kier molecular flexibility index (Phi) is 16.5. The lowest BCUT2D eigenvalue weighted by Crippen LogP contribution is -2.55. The minimum atomic E-state index is -1.45. The Balaban J connectivity index is 1.52. The number of carbonyl (C=O) groups excluding carboxylic acids is 5. The van der Waals surface area contributed by atoms with Crippen LogP contribution in [0, 0.1) is 18.3 Å². The molecule has 5 amide bonds. The fourth-order valence-corrected chi connectivity index (χ4v) is 6.96. The number of aryl methyl sites for hydroxylation is 1. The Labute approximate surface area is 372 Å². The SMILES string of the molecule is Cc1nc(-c2ccc(C(C)(C)C)cc2)ncc1C(=O)NC(CCN)C(=O)N[C@@H]1C(=O)N[C@@H](C)C(=O)N[C@H](C(=O)NCC#N)Cc2ccc(OCCN)c(c2)-c2cc1ccc2OCCN. The third-order valence-corrected chi connectivity index (χ3v) is 10.4. The first-order valence-electron chi connectivity index (χ1n) is 21.0. The number of nitriles is 1. The Hall–Kier alpha value is -6.94. The highest BCUT2D eigenvalue weighted by Crippen LogP contribution is 2.39. The van der Waals surface area contributed by atoms with E-state index in [1.165, 1.54) is 13.1 Å². The normalized spacial score (nSPS) is 16.8. The van der Waals surface area contributed by atoms with E-state index in [4.69, 9.17) is 31.9 Å². The van der Waals surface area contributed by atoms with Gasteiger partial charge in [-0.1, -0.05) is 57.2 Å². The number of ether oxygens (including phenoxy) is 2. The van der Waals surface area contributed by atoms with E-state index in [-0.39, 0.29) is 68.8 Å². The molecule has 1 aliphatic heterocycles. The lowest BCUT2D eigenvalue weighted by molar-refractivity contribution is -0.133. The Morgan fingerprint density at radius 2 is 1.56 bits per heavy atom. The molecule has 64 heavy (non-hydrogen) atoms. The third-order valence-electron chi connectivity index (χ3n) is 10.4. The molecule has 18 heteroatoms. The van der Waals surface area contributed by atoms with Gasteiger partial charge in [-0.15, -0.1) is 0 Å². The molecule has 0 saturated carbocycles. The summed E-state index contributed by atoms with van der Waals surface area (Å²) < 4.78 is 12.1. The van der Waals surface area contributed by atoms with Crippen molar-refractivity contribution in [3.05, 3.63) is 94.8 Å². The molecule has 0 fully saturated rings. The molecule has 2 heterocycles. The van der Waals surface area contributed by atoms with Gasteiger partial charge < -0.3 is 53.3 Å². The second kappa shape index (κ2) is 21.9. The second-order valence-corrected chi connectivity index (χ2v) is 16.3. The zero-order valence-corrected chi connectivity index (χ0v) is 36.7. The van der Waals surface area contributed by atoms with E-state index in [2.05, 4.69) is 57.3 Å². The van der Waals surface area contributed by atoms with Crippen molar-refractivity contribution in [1.29, 1.82) is 5.26 Å². The van der Waals surface area contributed by atoms with Crippen LogP contribution in [0.3, 0.4) is 0 Å². The standard InChI is InChI=1S/C46H57N11O7/c1-26-34(25-52-40(53-26)29-7-10-31(11-8-29)46(3,4)5)42(59)55-35(14-15-47)44(61)57-39-30-9-13-38(64-21-18-50)33(24-30)32-22-28(6-12-37(32)63-20-17-49)23-36(43(60)51-19-16-48)56-41(58)27(2)54-45(39)62/h6-13,22,24-25,27,35-36,39H,14-15,17-21,23,47,49-50H2,1-5H3,(H,51,60)(H,54,62)(H,55,59)(H,56,58)(H,57,61)/t27-,35?,36-,39-/m0/s1. The highest BCUT2D eigenvalue weighted by molar-refractivity contribution is 6.00. The van der Waals surface area contributed by atoms with Gasteiger partial charge in [0.15, 0.2) is 5.82 Å². The van der Waals surface area contributed by atoms with E-state index < -0.39 is 53.7 Å². The minimum Gasteiger partial charge on any atom is -0.492 e. The van der Waals surface area contributed by atoms with Crippen molar-refractivity contribution >= 4 is 29.5 Å². The number of hydrogen-bond acceptors (Lipinski definition) is 13. The lowest BCUT2D eigenvalue weighted by atomic mass is 9.87. The van der Waals surface area contributed by atoms with Crippen LogP contribution in [-0.2, 0) is 31.0 Å². The van der Waals surface area contributed by atoms with Crippen LogP contribution in [0.25, 0.3) is 22.5 Å². The molecule has 4 aromatic rings. The molecule has 18 nitrogen and oxygen atoms in total. The smallest absolute Gasteiger partial charge is 0.255 e. The van der Waals surface area contributed by atoms with Crippen LogP contribution in [0.4, 0.5) is 0 Å². The molecule has 0 radical (unpaired) electrons. The molecule has 4 atom stereocenters. The topological polar surface area (TPSA) is 292 Å². The number of nitrogens with one attached hydrogen (secondary N) is 5. The molecule has 3 aromatic carbocycles. The highest BCUT2D eigenvalue weighted by atomic mass is 16.5. The molecule has 1 unspecified atom stereocenters. The van der Waals surface area contributed by atoms with Crippen LogP contribution in [0.15, 0.2) is 66.9 Å². The summed E-state index contributed by atoms with van der Waals surface area (Å²) in [6.45, 7) is 9.81. The maximum Gasteiger partial charge on any atom is 0.255 e. The zero-order valence-electron chi connectivity index (χ0n) is 36.7. The Morgan fingerprint density at radius 3 is 2.17 bits per heavy atom. The van der Waals surface area contributed by atoms with Crippen molar-refractivity contribution in [1.82, 2.24) is 36.6 Å². The number of aromatic nitrogens is 2. The van der Waals surface area contributed by atoms with Crippen molar-refractivity contribution in [3.63, 3.8) is 0 Å². The van der Waals surface area contributed by atoms with Crippen LogP contribution >= 0.6 is 0 Å². The van der Waals surface area contributed by atoms with Crippen LogP contribution < -0.4 is 53.3 Å². The summed E-state index contributed by atoms with van der Waals surface area (Å²) in [7, 11) is 0. The predicted octanol–water partition coefficient (Wildman–Crippen LogP) is 1.58. The summed E-state index contributed by atoms with van der Waals surface area (Å²) in [5, 5.41) is 22.5. The molecular formula is C46H57N11O7. The van der Waals surface area contributed by atoms with E-state index in [0.717, 1.165) is 11.1 Å². The van der Waals surface area contributed by atoms with Gasteiger partial charge in [0.1, 0.15) is 55.4 Å². The van der Waals surface area contributed by atoms with E-state index in [0.29, 0.717) is 39.7 Å². The van der Waals surface area contributed by atoms with Gasteiger partial charge in [0, 0.05) is 42.4 Å². The van der Waals surface area contributed by atoms with Crippen molar-refractivity contribution in [2.45, 2.75) is 77.0 Å². The lowest BCUT2D eigenvalue weighted by Gasteiger charge is -2.27. The van der Waals surface area contributed by atoms with E-state index in [9.17, 15) is 24.0 Å². The fraction of sp³-hybridized carbons (Fsp3) is 0.391. The molecule has 1 aliphatic rings. The van der Waals surface area contributed by atoms with Crippen LogP contribution in [-0.4, -0.2) is 97.0 Å². The Bertz CT molecular complexity index is 2380. The van der Waals surface area contributed by atoms with Gasteiger partial charge in [-0.2, -0.15) is 5.26 Å². The molecule has 5 rings (SSSR count). The molecule has 1 aromatic heterocycles. The summed E-state index contributed by atoms with van der Waals surface area (Å²) in [6.07, 6.45) is 1.39. The Morgan fingerprint density at radius 1 is 0.906 bits per heavy atom. The molecular weight excluding hydrogens is 819 g/mol. The first kappa shape index (κ1) is 48.1. The van der Waals surface area contributed by atoms with Crippen molar-refractivity contribution in [3.8, 4) is 40.1 Å². The largest absolute Gasteiger partial charge is 0.492 e. The van der Waals surface area contributed by atoms with E-state index in [1.54, 1.807) is 43.3 Å². The average molecular weight is 876 g/mol. The third kappa shape index (κ3) is 12.2. The molecule has 4 bridgehead atoms. The first-order chi connectivity index (χ1) is 30.6. The average Bonchev–Trinajstić information content (AvgIpc) is 3.27. The molecule has 0 saturated heterocycles. The van der Waals surface area contributed by atoms with Crippen LogP contribution in [0.5, 0.6) is 11.5 Å². The minimum absolute atomic E-state index is 0.000691. The summed E-state index contributed by atoms with van der Waals surface area (Å²) in [4.78, 5) is 78.3. The van der Waals surface area contributed by atoms with Gasteiger partial charge in [0.2, 0.25) is 23.6 Å². The number of nitrogens with two attached hydrogens (primary N) is 3. The van der Waals surface area contributed by atoms with Gasteiger partial charge in [-0.05, 0) is 73.2 Å². The van der Waals surface area contributed by atoms with E-state index in [1.807, 2.05) is 30.3 Å². The number of fused-ring (bicyclic) bond motifs is 5. The maximum atomic E-state index is 14.3. The molecule has 0 spiro atoms. The summed E-state index contributed by atoms with van der Waals surface area (Å²) in [6, 6.07) is 14.7. The number of amides is 5. The summed E-state index contributed by atoms with van der Waals surface area (Å²) >= 11 is 0. The fourth-order valence-electron chi connectivity index (χ4n) is 6.96. The van der Waals surface area contributed by atoms with E-state index >= 15 is 0 Å². The molecule has 338 valence electrons. The quantitative estimate of drug-likeness (QED) is 0.0789. The van der Waals surface area contributed by atoms with Crippen molar-refractivity contribution in [2.24, 2.45) is 17.2 Å². The number of benzene rings is 3. The molecule has 11 N–H and O–H groups in total. The van der Waals surface area contributed by atoms with Crippen LogP contribution in [0.2, 0.25) is 0 Å². The molecule has 0 aliphatic carbocycles. The van der Waals surface area contributed by atoms with Gasteiger partial charge in [0.25, 0.3) is 5.91 Å². The van der Waals surface area contributed by atoms with Gasteiger partial charge in [0.05, 0.1) is 17.3 Å². The number of nitrogens with zero attached hydrogens (tertiary/aromatic N) is 3. The van der Waals surface area contributed by atoms with Crippen molar-refractivity contribution in [2.75, 3.05) is 39.4 Å². The van der Waals surface area contributed by atoms with Gasteiger partial charge in [-0.3, -0.25) is 24.0 Å². The summed E-state index contributed by atoms with van der Waals surface area (Å²) in [5.41, 5.74) is 21.8. The second-order valence-electron chi connectivity index (χ2n) is 16.3. The predicted molar refractivity (Wildman–Crippen MR) is 240 cm³/mol. The summed E-state index contributed by atoms with van der Waals surface area (Å²) in [5.74, 6) is -2.33. The maximum absolute atomic E-state index is 14.3. The number of hydrogen-bond donors (Lipinski definition) is 8. The zero-order chi connectivity index (χ0) is 46.6. The monoisotopic (exact) mass is 875 g/mol. The van der Waals surface area contributed by atoms with Gasteiger partial charge in [-0.25, -0.2) is 9.97 Å². The number of carbonyl (C=O) groups is 5. The first-order valence-corrected chi connectivity index (χ1v) is 21.0.